The Balaban J connectivity index is 0.00000192. The topological polar surface area (TPSA) is 50.2 Å². The van der Waals surface area contributed by atoms with E-state index in [-0.39, 0.29) is 24.1 Å². The molecular formula is C21H26ClFN4O. The summed E-state index contributed by atoms with van der Waals surface area (Å²) < 4.78 is 15.1. The van der Waals surface area contributed by atoms with Gasteiger partial charge in [-0.1, -0.05) is 0 Å². The molecule has 0 bridgehead atoms. The summed E-state index contributed by atoms with van der Waals surface area (Å²) in [5.41, 5.74) is 3.64. The first-order valence-corrected chi connectivity index (χ1v) is 10.1. The third-order valence-corrected chi connectivity index (χ3v) is 6.51. The number of aromatic nitrogens is 2. The lowest BCUT2D eigenvalue weighted by molar-refractivity contribution is 0.0751. The number of carbonyl (C=O) groups is 1. The average molecular weight is 405 g/mol. The van der Waals surface area contributed by atoms with Gasteiger partial charge in [0.1, 0.15) is 5.82 Å². The fourth-order valence-corrected chi connectivity index (χ4v) is 4.98. The van der Waals surface area contributed by atoms with Gasteiger partial charge in [-0.15, -0.1) is 12.4 Å². The van der Waals surface area contributed by atoms with Crippen LogP contribution in [0.25, 0.3) is 5.69 Å². The molecule has 1 aliphatic carbocycles. The van der Waals surface area contributed by atoms with Gasteiger partial charge >= 0.3 is 0 Å². The van der Waals surface area contributed by atoms with Crippen molar-refractivity contribution in [3.8, 4) is 5.69 Å². The minimum Gasteiger partial charge on any atom is -0.337 e. The van der Waals surface area contributed by atoms with Gasteiger partial charge in [0.25, 0.3) is 5.91 Å². The first-order valence-electron chi connectivity index (χ1n) is 10.1. The molecule has 2 fully saturated rings. The predicted octanol–water partition coefficient (Wildman–Crippen LogP) is 2.99. The Labute approximate surface area is 170 Å². The normalized spacial score (nSPS) is 23.7. The fourth-order valence-electron chi connectivity index (χ4n) is 4.98. The summed E-state index contributed by atoms with van der Waals surface area (Å²) in [6, 6.07) is 6.35. The number of rotatable bonds is 2. The number of carbonyl (C=O) groups excluding carboxylic acids is 1. The zero-order valence-electron chi connectivity index (χ0n) is 15.9. The molecule has 1 aromatic heterocycles. The smallest absolute Gasteiger partial charge is 0.274 e. The lowest BCUT2D eigenvalue weighted by atomic mass is 9.92. The number of likely N-dealkylation sites (tertiary alicyclic amines) is 1. The highest BCUT2D eigenvalue weighted by Crippen LogP contribution is 2.31. The van der Waals surface area contributed by atoms with Crippen molar-refractivity contribution in [3.63, 3.8) is 0 Å². The van der Waals surface area contributed by atoms with E-state index in [2.05, 4.69) is 5.32 Å². The maximum atomic E-state index is 13.3. The Hall–Kier alpha value is -1.92. The maximum absolute atomic E-state index is 13.3. The molecule has 5 rings (SSSR count). The molecule has 1 aromatic carbocycles. The van der Waals surface area contributed by atoms with E-state index in [9.17, 15) is 9.18 Å². The zero-order valence-corrected chi connectivity index (χ0v) is 16.7. The van der Waals surface area contributed by atoms with Crippen molar-refractivity contribution in [2.45, 2.75) is 32.1 Å². The van der Waals surface area contributed by atoms with Crippen LogP contribution in [-0.2, 0) is 12.8 Å². The van der Waals surface area contributed by atoms with Crippen molar-refractivity contribution in [1.29, 1.82) is 0 Å². The van der Waals surface area contributed by atoms with Crippen LogP contribution in [-0.4, -0.2) is 46.8 Å². The van der Waals surface area contributed by atoms with Crippen LogP contribution >= 0.6 is 12.4 Å². The van der Waals surface area contributed by atoms with Gasteiger partial charge in [0.2, 0.25) is 0 Å². The highest BCUT2D eigenvalue weighted by Gasteiger charge is 2.34. The number of hydrogen-bond donors (Lipinski definition) is 1. The Morgan fingerprint density at radius 3 is 2.43 bits per heavy atom. The molecule has 0 unspecified atom stereocenters. The van der Waals surface area contributed by atoms with E-state index in [1.165, 1.54) is 12.1 Å². The predicted molar refractivity (Wildman–Crippen MR) is 108 cm³/mol. The summed E-state index contributed by atoms with van der Waals surface area (Å²) in [6.45, 7) is 3.81. The molecule has 1 N–H and O–H groups in total. The SMILES string of the molecule is Cl.O=C(c1nn(-c2ccc(F)cc2)c2c1CCC2)N1CC[C@@H]2CNC[C@@H]2CC1. The van der Waals surface area contributed by atoms with E-state index < -0.39 is 0 Å². The minimum atomic E-state index is -0.261. The molecule has 7 heteroatoms. The second-order valence-electron chi connectivity index (χ2n) is 8.06. The molecule has 3 aliphatic rings. The van der Waals surface area contributed by atoms with Crippen molar-refractivity contribution >= 4 is 18.3 Å². The number of fused-ring (bicyclic) bond motifs is 2. The van der Waals surface area contributed by atoms with E-state index in [1.807, 2.05) is 9.58 Å². The Morgan fingerprint density at radius 1 is 1.07 bits per heavy atom. The van der Waals surface area contributed by atoms with Gasteiger partial charge < -0.3 is 10.2 Å². The largest absolute Gasteiger partial charge is 0.337 e. The van der Waals surface area contributed by atoms with Gasteiger partial charge in [-0.2, -0.15) is 5.10 Å². The van der Waals surface area contributed by atoms with Gasteiger partial charge in [0, 0.05) is 24.3 Å². The fraction of sp³-hybridized carbons (Fsp3) is 0.524. The van der Waals surface area contributed by atoms with Crippen LogP contribution in [0, 0.1) is 17.7 Å². The molecule has 150 valence electrons. The minimum absolute atomic E-state index is 0. The van der Waals surface area contributed by atoms with E-state index in [0.29, 0.717) is 17.5 Å². The molecule has 2 aromatic rings. The summed E-state index contributed by atoms with van der Waals surface area (Å²) in [5, 5.41) is 8.18. The standard InChI is InChI=1S/C21H25FN4O.ClH/c22-16-4-6-17(7-5-16)26-19-3-1-2-18(19)20(24-26)21(27)25-10-8-14-12-23-13-15(14)9-11-25;/h4-7,14-15,23H,1-3,8-13H2;1H/t14-,15+;. The summed E-state index contributed by atoms with van der Waals surface area (Å²) in [7, 11) is 0. The molecule has 0 saturated carbocycles. The van der Waals surface area contributed by atoms with Crippen LogP contribution in [0.4, 0.5) is 4.39 Å². The van der Waals surface area contributed by atoms with Crippen LogP contribution in [0.3, 0.4) is 0 Å². The first kappa shape index (κ1) is 19.4. The second-order valence-corrected chi connectivity index (χ2v) is 8.06. The Bertz CT molecular complexity index is 852. The summed E-state index contributed by atoms with van der Waals surface area (Å²) in [5.74, 6) is 1.21. The average Bonchev–Trinajstić information content (AvgIpc) is 3.37. The molecule has 1 amide bonds. The molecular weight excluding hydrogens is 379 g/mol. The third-order valence-electron chi connectivity index (χ3n) is 6.51. The second kappa shape index (κ2) is 7.84. The van der Waals surface area contributed by atoms with Gasteiger partial charge in [-0.05, 0) is 81.3 Å². The molecule has 2 aliphatic heterocycles. The van der Waals surface area contributed by atoms with Gasteiger partial charge in [0.15, 0.2) is 5.69 Å². The molecule has 5 nitrogen and oxygen atoms in total. The number of nitrogens with one attached hydrogen (secondary N) is 1. The number of benzene rings is 1. The lowest BCUT2D eigenvalue weighted by Crippen LogP contribution is -2.33. The maximum Gasteiger partial charge on any atom is 0.274 e. The van der Waals surface area contributed by atoms with E-state index in [1.54, 1.807) is 12.1 Å². The van der Waals surface area contributed by atoms with Crippen LogP contribution in [0.1, 0.15) is 41.0 Å². The number of halogens is 2. The Kier molecular flexibility index (Phi) is 5.43. The summed E-state index contributed by atoms with van der Waals surface area (Å²) in [4.78, 5) is 15.3. The lowest BCUT2D eigenvalue weighted by Gasteiger charge is -2.20. The van der Waals surface area contributed by atoms with Crippen LogP contribution in [0.15, 0.2) is 24.3 Å². The van der Waals surface area contributed by atoms with Crippen LogP contribution in [0.2, 0.25) is 0 Å². The molecule has 2 atom stereocenters. The number of amides is 1. The van der Waals surface area contributed by atoms with E-state index in [0.717, 1.165) is 75.2 Å². The Morgan fingerprint density at radius 2 is 1.75 bits per heavy atom. The monoisotopic (exact) mass is 404 g/mol. The molecule has 0 spiro atoms. The molecule has 28 heavy (non-hydrogen) atoms. The van der Waals surface area contributed by atoms with Crippen LogP contribution in [0.5, 0.6) is 0 Å². The highest BCUT2D eigenvalue weighted by atomic mass is 35.5. The highest BCUT2D eigenvalue weighted by molar-refractivity contribution is 5.94. The van der Waals surface area contributed by atoms with Crippen molar-refractivity contribution in [1.82, 2.24) is 20.0 Å². The summed E-state index contributed by atoms with van der Waals surface area (Å²) in [6.07, 6.45) is 5.02. The van der Waals surface area contributed by atoms with Crippen LogP contribution < -0.4 is 5.32 Å². The van der Waals surface area contributed by atoms with Gasteiger partial charge in [-0.3, -0.25) is 4.79 Å². The van der Waals surface area contributed by atoms with Gasteiger partial charge in [-0.25, -0.2) is 9.07 Å². The van der Waals surface area contributed by atoms with E-state index >= 15 is 0 Å². The van der Waals surface area contributed by atoms with Crippen molar-refractivity contribution in [2.75, 3.05) is 26.2 Å². The van der Waals surface area contributed by atoms with Crippen molar-refractivity contribution < 1.29 is 9.18 Å². The first-order chi connectivity index (χ1) is 13.2. The summed E-state index contributed by atoms with van der Waals surface area (Å²) >= 11 is 0. The molecule has 0 radical (unpaired) electrons. The van der Waals surface area contributed by atoms with Crippen molar-refractivity contribution in [3.05, 3.63) is 47.0 Å². The van der Waals surface area contributed by atoms with Gasteiger partial charge in [0.05, 0.1) is 5.69 Å². The van der Waals surface area contributed by atoms with E-state index in [4.69, 9.17) is 5.10 Å². The van der Waals surface area contributed by atoms with Crippen molar-refractivity contribution in [2.24, 2.45) is 11.8 Å². The molecule has 3 heterocycles. The number of hydrogen-bond acceptors (Lipinski definition) is 3. The quantitative estimate of drug-likeness (QED) is 0.837. The molecule has 2 saturated heterocycles. The third kappa shape index (κ3) is 3.33. The zero-order chi connectivity index (χ0) is 18.4. The number of nitrogens with zero attached hydrogens (tertiary/aromatic N) is 3.